The smallest absolute Gasteiger partial charge is 0.0937 e. The minimum Gasteiger partial charge on any atom is -0.498 e. The molecule has 0 amide bonds. The predicted octanol–water partition coefficient (Wildman–Crippen LogP) is 4.14. The standard InChI is InChI=1S/C13H24O/c1-5-12(6-2)9-13(7-3)8-11(4)14-10-13/h12H,4-10H2,1-3H3. The molecule has 1 unspecified atom stereocenters. The van der Waals surface area contributed by atoms with E-state index in [1.165, 1.54) is 25.7 Å². The molecule has 14 heavy (non-hydrogen) atoms. The molecule has 1 atom stereocenters. The third kappa shape index (κ3) is 2.52. The van der Waals surface area contributed by atoms with Crippen LogP contribution < -0.4 is 0 Å². The van der Waals surface area contributed by atoms with Gasteiger partial charge in [-0.1, -0.05) is 40.2 Å². The molecule has 0 N–H and O–H groups in total. The SMILES string of the molecule is C=C1CC(CC)(CC(CC)CC)CO1. The van der Waals surface area contributed by atoms with Crippen LogP contribution in [0.2, 0.25) is 0 Å². The fraction of sp³-hybridized carbons (Fsp3) is 0.846. The van der Waals surface area contributed by atoms with Gasteiger partial charge in [0.15, 0.2) is 0 Å². The van der Waals surface area contributed by atoms with E-state index in [1.54, 1.807) is 0 Å². The lowest BCUT2D eigenvalue weighted by molar-refractivity contribution is 0.143. The normalized spacial score (nSPS) is 27.0. The van der Waals surface area contributed by atoms with Crippen LogP contribution in [0.4, 0.5) is 0 Å². The Morgan fingerprint density at radius 1 is 1.36 bits per heavy atom. The third-order valence-electron chi connectivity index (χ3n) is 3.78. The van der Waals surface area contributed by atoms with Crippen molar-refractivity contribution in [3.63, 3.8) is 0 Å². The van der Waals surface area contributed by atoms with Gasteiger partial charge in [-0.15, -0.1) is 0 Å². The second kappa shape index (κ2) is 4.86. The summed E-state index contributed by atoms with van der Waals surface area (Å²) in [5.41, 5.74) is 0.410. The van der Waals surface area contributed by atoms with E-state index in [-0.39, 0.29) is 0 Å². The molecule has 0 aromatic rings. The predicted molar refractivity (Wildman–Crippen MR) is 61.1 cm³/mol. The lowest BCUT2D eigenvalue weighted by Gasteiger charge is -2.28. The molecule has 1 heterocycles. The summed E-state index contributed by atoms with van der Waals surface area (Å²) in [7, 11) is 0. The molecule has 1 aliphatic heterocycles. The molecule has 0 spiro atoms. The molecular formula is C13H24O. The Hall–Kier alpha value is -0.460. The van der Waals surface area contributed by atoms with Crippen molar-refractivity contribution in [3.8, 4) is 0 Å². The summed E-state index contributed by atoms with van der Waals surface area (Å²) < 4.78 is 5.56. The van der Waals surface area contributed by atoms with E-state index in [2.05, 4.69) is 27.4 Å². The number of ether oxygens (including phenoxy) is 1. The van der Waals surface area contributed by atoms with Gasteiger partial charge in [-0.3, -0.25) is 0 Å². The van der Waals surface area contributed by atoms with Gasteiger partial charge in [-0.2, -0.15) is 0 Å². The third-order valence-corrected chi connectivity index (χ3v) is 3.78. The molecular weight excluding hydrogens is 172 g/mol. The molecule has 1 fully saturated rings. The van der Waals surface area contributed by atoms with Gasteiger partial charge in [0.25, 0.3) is 0 Å². The Morgan fingerprint density at radius 3 is 2.36 bits per heavy atom. The van der Waals surface area contributed by atoms with Gasteiger partial charge in [0, 0.05) is 11.8 Å². The van der Waals surface area contributed by atoms with E-state index >= 15 is 0 Å². The van der Waals surface area contributed by atoms with Crippen molar-refractivity contribution in [2.45, 2.75) is 52.9 Å². The topological polar surface area (TPSA) is 9.23 Å². The maximum Gasteiger partial charge on any atom is 0.0937 e. The maximum atomic E-state index is 5.56. The Bertz CT molecular complexity index is 193. The lowest BCUT2D eigenvalue weighted by atomic mass is 9.75. The largest absolute Gasteiger partial charge is 0.498 e. The summed E-state index contributed by atoms with van der Waals surface area (Å²) in [5, 5.41) is 0. The molecule has 82 valence electrons. The average Bonchev–Trinajstić information content (AvgIpc) is 2.57. The first-order valence-electron chi connectivity index (χ1n) is 5.96. The highest BCUT2D eigenvalue weighted by Crippen LogP contribution is 2.43. The second-order valence-corrected chi connectivity index (χ2v) is 4.74. The minimum atomic E-state index is 0.410. The van der Waals surface area contributed by atoms with Gasteiger partial charge in [0.2, 0.25) is 0 Å². The first kappa shape index (κ1) is 11.6. The zero-order valence-electron chi connectivity index (χ0n) is 9.94. The molecule has 0 aromatic carbocycles. The average molecular weight is 196 g/mol. The van der Waals surface area contributed by atoms with E-state index in [1.807, 2.05) is 0 Å². The van der Waals surface area contributed by atoms with Gasteiger partial charge >= 0.3 is 0 Å². The summed E-state index contributed by atoms with van der Waals surface area (Å²) in [4.78, 5) is 0. The summed E-state index contributed by atoms with van der Waals surface area (Å²) in [5.74, 6) is 1.86. The molecule has 1 nitrogen and oxygen atoms in total. The Balaban J connectivity index is 2.57. The van der Waals surface area contributed by atoms with Crippen molar-refractivity contribution < 1.29 is 4.74 Å². The van der Waals surface area contributed by atoms with Gasteiger partial charge in [-0.25, -0.2) is 0 Å². The van der Waals surface area contributed by atoms with Crippen molar-refractivity contribution in [2.24, 2.45) is 11.3 Å². The molecule has 1 aliphatic rings. The van der Waals surface area contributed by atoms with Crippen LogP contribution in [0.1, 0.15) is 52.9 Å². The highest BCUT2D eigenvalue weighted by Gasteiger charge is 2.37. The number of hydrogen-bond acceptors (Lipinski definition) is 1. The monoisotopic (exact) mass is 196 g/mol. The van der Waals surface area contributed by atoms with Gasteiger partial charge < -0.3 is 4.74 Å². The maximum absolute atomic E-state index is 5.56. The van der Waals surface area contributed by atoms with E-state index in [9.17, 15) is 0 Å². The highest BCUT2D eigenvalue weighted by atomic mass is 16.5. The summed E-state index contributed by atoms with van der Waals surface area (Å²) in [6.07, 6.45) is 6.22. The van der Waals surface area contributed by atoms with Crippen molar-refractivity contribution in [3.05, 3.63) is 12.3 Å². The Morgan fingerprint density at radius 2 is 2.00 bits per heavy atom. The van der Waals surface area contributed by atoms with Crippen LogP contribution in [0.25, 0.3) is 0 Å². The van der Waals surface area contributed by atoms with Crippen LogP contribution in [0.5, 0.6) is 0 Å². The molecule has 1 rings (SSSR count). The lowest BCUT2D eigenvalue weighted by Crippen LogP contribution is -2.23. The molecule has 0 aliphatic carbocycles. The Kier molecular flexibility index (Phi) is 4.03. The number of rotatable bonds is 5. The molecule has 0 bridgehead atoms. The van der Waals surface area contributed by atoms with Crippen LogP contribution in [0, 0.1) is 11.3 Å². The zero-order chi connectivity index (χ0) is 10.6. The van der Waals surface area contributed by atoms with Crippen molar-refractivity contribution in [2.75, 3.05) is 6.61 Å². The van der Waals surface area contributed by atoms with E-state index in [0.717, 1.165) is 24.7 Å². The number of hydrogen-bond donors (Lipinski definition) is 0. The Labute approximate surface area is 88.5 Å². The molecule has 1 heteroatoms. The van der Waals surface area contributed by atoms with Crippen molar-refractivity contribution >= 4 is 0 Å². The van der Waals surface area contributed by atoms with Crippen molar-refractivity contribution in [1.29, 1.82) is 0 Å². The van der Waals surface area contributed by atoms with Crippen LogP contribution in [0.3, 0.4) is 0 Å². The van der Waals surface area contributed by atoms with Crippen LogP contribution >= 0.6 is 0 Å². The first-order valence-corrected chi connectivity index (χ1v) is 5.96. The fourth-order valence-electron chi connectivity index (χ4n) is 2.47. The second-order valence-electron chi connectivity index (χ2n) is 4.74. The van der Waals surface area contributed by atoms with Gasteiger partial charge in [-0.05, 0) is 18.8 Å². The highest BCUT2D eigenvalue weighted by molar-refractivity contribution is 5.00. The van der Waals surface area contributed by atoms with Crippen LogP contribution in [0.15, 0.2) is 12.3 Å². The molecule has 0 aromatic heterocycles. The van der Waals surface area contributed by atoms with E-state index in [0.29, 0.717) is 5.41 Å². The summed E-state index contributed by atoms with van der Waals surface area (Å²) in [6, 6.07) is 0. The minimum absolute atomic E-state index is 0.410. The first-order chi connectivity index (χ1) is 6.65. The van der Waals surface area contributed by atoms with Crippen LogP contribution in [-0.2, 0) is 4.74 Å². The quantitative estimate of drug-likeness (QED) is 0.642. The zero-order valence-corrected chi connectivity index (χ0v) is 9.94. The van der Waals surface area contributed by atoms with Crippen molar-refractivity contribution in [1.82, 2.24) is 0 Å². The molecule has 1 saturated heterocycles. The van der Waals surface area contributed by atoms with E-state index < -0.39 is 0 Å². The molecule has 0 radical (unpaired) electrons. The summed E-state index contributed by atoms with van der Waals surface area (Å²) >= 11 is 0. The van der Waals surface area contributed by atoms with Gasteiger partial charge in [0.05, 0.1) is 12.4 Å². The van der Waals surface area contributed by atoms with Gasteiger partial charge in [0.1, 0.15) is 0 Å². The number of allylic oxidation sites excluding steroid dienone is 1. The van der Waals surface area contributed by atoms with E-state index in [4.69, 9.17) is 4.74 Å². The summed E-state index contributed by atoms with van der Waals surface area (Å²) in [6.45, 7) is 11.7. The molecule has 0 saturated carbocycles. The van der Waals surface area contributed by atoms with Crippen LogP contribution in [-0.4, -0.2) is 6.61 Å². The fourth-order valence-corrected chi connectivity index (χ4v) is 2.47.